The summed E-state index contributed by atoms with van der Waals surface area (Å²) in [4.78, 5) is 39.6. The Morgan fingerprint density at radius 1 is 0.933 bits per heavy atom. The quantitative estimate of drug-likeness (QED) is 0.392. The van der Waals surface area contributed by atoms with Crippen molar-refractivity contribution >= 4 is 39.4 Å². The number of rotatable bonds is 4. The van der Waals surface area contributed by atoms with Gasteiger partial charge >= 0.3 is 5.97 Å². The molecule has 0 atom stereocenters. The maximum absolute atomic E-state index is 13.0. The molecule has 2 amide bonds. The third-order valence-electron chi connectivity index (χ3n) is 4.99. The summed E-state index contributed by atoms with van der Waals surface area (Å²) in [6.07, 6.45) is 0. The molecule has 6 heteroatoms. The van der Waals surface area contributed by atoms with Crippen molar-refractivity contribution in [1.82, 2.24) is 0 Å². The van der Waals surface area contributed by atoms with E-state index >= 15 is 0 Å². The third-order valence-corrected chi connectivity index (χ3v) is 5.48. The minimum atomic E-state index is -0.553. The highest BCUT2D eigenvalue weighted by Crippen LogP contribution is 2.32. The number of carbonyl (C=O) groups excluding carboxylic acids is 3. The van der Waals surface area contributed by atoms with Gasteiger partial charge in [-0.05, 0) is 66.9 Å². The van der Waals surface area contributed by atoms with Crippen LogP contribution < -0.4 is 4.90 Å². The Hall–Kier alpha value is -3.25. The summed E-state index contributed by atoms with van der Waals surface area (Å²) in [5, 5.41) is 0. The van der Waals surface area contributed by atoms with E-state index in [1.807, 2.05) is 56.3 Å². The highest BCUT2D eigenvalue weighted by molar-refractivity contribution is 9.10. The van der Waals surface area contributed by atoms with Gasteiger partial charge in [-0.15, -0.1) is 0 Å². The second-order valence-corrected chi connectivity index (χ2v) is 8.12. The number of amides is 2. The zero-order valence-electron chi connectivity index (χ0n) is 16.4. The van der Waals surface area contributed by atoms with Gasteiger partial charge in [0.2, 0.25) is 0 Å². The third kappa shape index (κ3) is 3.66. The predicted octanol–water partition coefficient (Wildman–Crippen LogP) is 5.22. The molecular formula is C24H18BrNO4. The SMILES string of the molecule is Cc1ccc(C)c(N2C(=O)c3ccc(C(=O)OCc4cccc(Br)c4)cc3C2=O)c1. The average Bonchev–Trinajstić information content (AvgIpc) is 2.98. The monoisotopic (exact) mass is 463 g/mol. The number of benzene rings is 3. The lowest BCUT2D eigenvalue weighted by Crippen LogP contribution is -2.30. The standard InChI is InChI=1S/C24H18BrNO4/c1-14-6-7-15(2)21(10-14)26-22(27)19-9-8-17(12-20(19)23(26)28)24(29)30-13-16-4-3-5-18(25)11-16/h3-12H,13H2,1-2H3. The Labute approximate surface area is 182 Å². The number of anilines is 1. The number of hydrogen-bond donors (Lipinski definition) is 0. The normalized spacial score (nSPS) is 12.8. The van der Waals surface area contributed by atoms with Crippen LogP contribution in [0, 0.1) is 13.8 Å². The number of esters is 1. The fraction of sp³-hybridized carbons (Fsp3) is 0.125. The van der Waals surface area contributed by atoms with Gasteiger partial charge in [0.1, 0.15) is 6.61 Å². The molecule has 5 nitrogen and oxygen atoms in total. The van der Waals surface area contributed by atoms with Crippen LogP contribution in [-0.4, -0.2) is 17.8 Å². The second-order valence-electron chi connectivity index (χ2n) is 7.20. The van der Waals surface area contributed by atoms with Gasteiger partial charge in [0.25, 0.3) is 11.8 Å². The molecule has 1 aliphatic heterocycles. The molecule has 0 aromatic heterocycles. The van der Waals surface area contributed by atoms with Gasteiger partial charge in [0.15, 0.2) is 0 Å². The van der Waals surface area contributed by atoms with E-state index in [0.29, 0.717) is 5.69 Å². The van der Waals surface area contributed by atoms with E-state index in [2.05, 4.69) is 15.9 Å². The van der Waals surface area contributed by atoms with Crippen LogP contribution in [0.5, 0.6) is 0 Å². The molecule has 3 aromatic carbocycles. The lowest BCUT2D eigenvalue weighted by atomic mass is 10.1. The fourth-order valence-electron chi connectivity index (χ4n) is 3.41. The Morgan fingerprint density at radius 2 is 1.70 bits per heavy atom. The van der Waals surface area contributed by atoms with Crippen molar-refractivity contribution in [3.8, 4) is 0 Å². The van der Waals surface area contributed by atoms with E-state index in [1.165, 1.54) is 23.1 Å². The van der Waals surface area contributed by atoms with Crippen LogP contribution in [0.4, 0.5) is 5.69 Å². The summed E-state index contributed by atoms with van der Waals surface area (Å²) < 4.78 is 6.26. The Bertz CT molecular complexity index is 1200. The molecule has 0 bridgehead atoms. The summed E-state index contributed by atoms with van der Waals surface area (Å²) in [5.41, 5.74) is 3.88. The van der Waals surface area contributed by atoms with Crippen LogP contribution in [0.2, 0.25) is 0 Å². The van der Waals surface area contributed by atoms with Crippen molar-refractivity contribution in [1.29, 1.82) is 0 Å². The van der Waals surface area contributed by atoms with Gasteiger partial charge in [0.05, 0.1) is 22.4 Å². The smallest absolute Gasteiger partial charge is 0.338 e. The average molecular weight is 464 g/mol. The van der Waals surface area contributed by atoms with Gasteiger partial charge in [-0.3, -0.25) is 9.59 Å². The lowest BCUT2D eigenvalue weighted by Gasteiger charge is -2.17. The Morgan fingerprint density at radius 3 is 2.47 bits per heavy atom. The number of halogens is 1. The first-order valence-corrected chi connectivity index (χ1v) is 10.2. The first-order valence-electron chi connectivity index (χ1n) is 9.37. The van der Waals surface area contributed by atoms with Gasteiger partial charge in [-0.1, -0.05) is 40.2 Å². The largest absolute Gasteiger partial charge is 0.457 e. The zero-order valence-corrected chi connectivity index (χ0v) is 18.0. The highest BCUT2D eigenvalue weighted by Gasteiger charge is 2.38. The van der Waals surface area contributed by atoms with Crippen molar-refractivity contribution < 1.29 is 19.1 Å². The second kappa shape index (κ2) is 7.88. The minimum Gasteiger partial charge on any atom is -0.457 e. The minimum absolute atomic E-state index is 0.108. The molecule has 1 aliphatic rings. The van der Waals surface area contributed by atoms with E-state index in [0.717, 1.165) is 21.2 Å². The zero-order chi connectivity index (χ0) is 21.4. The predicted molar refractivity (Wildman–Crippen MR) is 117 cm³/mol. The van der Waals surface area contributed by atoms with Gasteiger partial charge in [0, 0.05) is 4.47 Å². The maximum Gasteiger partial charge on any atom is 0.338 e. The fourth-order valence-corrected chi connectivity index (χ4v) is 3.85. The summed E-state index contributed by atoms with van der Waals surface area (Å²) in [5.74, 6) is -1.38. The molecule has 0 radical (unpaired) electrons. The molecule has 1 heterocycles. The van der Waals surface area contributed by atoms with E-state index < -0.39 is 17.8 Å². The van der Waals surface area contributed by atoms with Gasteiger partial charge in [-0.25, -0.2) is 9.69 Å². The van der Waals surface area contributed by atoms with Crippen molar-refractivity contribution in [2.24, 2.45) is 0 Å². The highest BCUT2D eigenvalue weighted by atomic mass is 79.9. The molecule has 150 valence electrons. The molecule has 4 rings (SSSR count). The van der Waals surface area contributed by atoms with Crippen LogP contribution in [0.25, 0.3) is 0 Å². The van der Waals surface area contributed by atoms with Crippen molar-refractivity contribution in [3.05, 3.63) is 98.5 Å². The van der Waals surface area contributed by atoms with Crippen molar-refractivity contribution in [2.45, 2.75) is 20.5 Å². The first-order chi connectivity index (χ1) is 14.3. The lowest BCUT2D eigenvalue weighted by molar-refractivity contribution is 0.0472. The molecule has 30 heavy (non-hydrogen) atoms. The first kappa shape index (κ1) is 20.0. The van der Waals surface area contributed by atoms with E-state index in [4.69, 9.17) is 4.74 Å². The number of hydrogen-bond acceptors (Lipinski definition) is 4. The number of aryl methyl sites for hydroxylation is 2. The summed E-state index contributed by atoms with van der Waals surface area (Å²) in [6.45, 7) is 3.86. The van der Waals surface area contributed by atoms with Crippen molar-refractivity contribution in [2.75, 3.05) is 4.90 Å². The molecule has 0 unspecified atom stereocenters. The number of imide groups is 1. The molecule has 0 N–H and O–H groups in total. The van der Waals surface area contributed by atoms with Crippen LogP contribution in [-0.2, 0) is 11.3 Å². The van der Waals surface area contributed by atoms with Gasteiger partial charge in [-0.2, -0.15) is 0 Å². The van der Waals surface area contributed by atoms with Crippen LogP contribution >= 0.6 is 15.9 Å². The van der Waals surface area contributed by atoms with Crippen molar-refractivity contribution in [3.63, 3.8) is 0 Å². The molecule has 0 saturated heterocycles. The number of fused-ring (bicyclic) bond motifs is 1. The molecule has 0 aliphatic carbocycles. The number of nitrogens with zero attached hydrogens (tertiary/aromatic N) is 1. The topological polar surface area (TPSA) is 63.7 Å². The Kier molecular flexibility index (Phi) is 5.26. The van der Waals surface area contributed by atoms with E-state index in [9.17, 15) is 14.4 Å². The van der Waals surface area contributed by atoms with E-state index in [-0.39, 0.29) is 23.3 Å². The maximum atomic E-state index is 13.0. The summed E-state index contributed by atoms with van der Waals surface area (Å²) in [6, 6.07) is 17.5. The molecule has 0 spiro atoms. The summed E-state index contributed by atoms with van der Waals surface area (Å²) >= 11 is 3.38. The molecule has 0 fully saturated rings. The molecule has 0 saturated carbocycles. The number of ether oxygens (including phenoxy) is 1. The van der Waals surface area contributed by atoms with Crippen LogP contribution in [0.15, 0.2) is 65.1 Å². The Balaban J connectivity index is 1.58. The van der Waals surface area contributed by atoms with E-state index in [1.54, 1.807) is 0 Å². The summed E-state index contributed by atoms with van der Waals surface area (Å²) in [7, 11) is 0. The van der Waals surface area contributed by atoms with Crippen LogP contribution in [0.3, 0.4) is 0 Å². The van der Waals surface area contributed by atoms with Crippen LogP contribution in [0.1, 0.15) is 47.8 Å². The molecule has 3 aromatic rings. The van der Waals surface area contributed by atoms with Gasteiger partial charge < -0.3 is 4.74 Å². The molecular weight excluding hydrogens is 446 g/mol. The number of carbonyl (C=O) groups is 3.